The third-order valence-corrected chi connectivity index (χ3v) is 8.22. The number of nitrogens with one attached hydrogen (secondary N) is 2. The van der Waals surface area contributed by atoms with Crippen molar-refractivity contribution in [3.8, 4) is 0 Å². The summed E-state index contributed by atoms with van der Waals surface area (Å²) in [5.74, 6) is -0.745. The first kappa shape index (κ1) is 23.2. The van der Waals surface area contributed by atoms with E-state index in [1.54, 1.807) is 29.6 Å². The summed E-state index contributed by atoms with van der Waals surface area (Å²) in [6.45, 7) is 1.01. The molecular formula is C24H25N3O4S2. The summed E-state index contributed by atoms with van der Waals surface area (Å²) in [6, 6.07) is 18.3. The highest BCUT2D eigenvalue weighted by Gasteiger charge is 2.28. The fraction of sp³-hybridized carbons (Fsp3) is 0.250. The molecule has 3 aromatic rings. The molecule has 2 aromatic carbocycles. The van der Waals surface area contributed by atoms with Crippen LogP contribution in [0.5, 0.6) is 0 Å². The number of carbonyl (C=O) groups is 2. The molecule has 0 bridgehead atoms. The van der Waals surface area contributed by atoms with Crippen LogP contribution in [0.1, 0.15) is 28.1 Å². The lowest BCUT2D eigenvalue weighted by molar-refractivity contribution is -0.118. The van der Waals surface area contributed by atoms with Gasteiger partial charge in [-0.15, -0.1) is 11.3 Å². The Kier molecular flexibility index (Phi) is 7.22. The summed E-state index contributed by atoms with van der Waals surface area (Å²) >= 11 is 1.30. The van der Waals surface area contributed by atoms with Gasteiger partial charge in [0.2, 0.25) is 15.9 Å². The minimum absolute atomic E-state index is 0.143. The zero-order valence-corrected chi connectivity index (χ0v) is 19.6. The zero-order chi connectivity index (χ0) is 23.3. The predicted molar refractivity (Wildman–Crippen MR) is 129 cm³/mol. The molecule has 9 heteroatoms. The largest absolute Gasteiger partial charge is 0.339 e. The molecule has 1 aliphatic rings. The number of sulfonamides is 1. The quantitative estimate of drug-likeness (QED) is 0.513. The van der Waals surface area contributed by atoms with Gasteiger partial charge in [0, 0.05) is 25.2 Å². The molecule has 0 spiro atoms. The van der Waals surface area contributed by atoms with Gasteiger partial charge in [0.1, 0.15) is 6.04 Å². The van der Waals surface area contributed by atoms with Gasteiger partial charge in [-0.1, -0.05) is 42.5 Å². The lowest BCUT2D eigenvalue weighted by Crippen LogP contribution is -2.45. The molecule has 33 heavy (non-hydrogen) atoms. The second kappa shape index (κ2) is 10.3. The Bertz CT molecular complexity index is 1210. The summed E-state index contributed by atoms with van der Waals surface area (Å²) in [5.41, 5.74) is 1.26. The zero-order valence-electron chi connectivity index (χ0n) is 17.9. The third-order valence-electron chi connectivity index (χ3n) is 5.45. The molecule has 4 rings (SSSR count). The third kappa shape index (κ3) is 5.68. The maximum absolute atomic E-state index is 13.2. The smallest absolute Gasteiger partial charge is 0.262 e. The topological polar surface area (TPSA) is 95.6 Å². The number of nitrogens with zero attached hydrogens (tertiary/aromatic N) is 1. The van der Waals surface area contributed by atoms with E-state index in [1.165, 1.54) is 27.8 Å². The summed E-state index contributed by atoms with van der Waals surface area (Å²) in [7, 11) is -3.60. The molecule has 0 aliphatic carbocycles. The summed E-state index contributed by atoms with van der Waals surface area (Å²) in [4.78, 5) is 26.4. The van der Waals surface area contributed by atoms with Crippen LogP contribution in [-0.2, 0) is 21.2 Å². The average Bonchev–Trinajstić information content (AvgIpc) is 3.54. The molecular weight excluding hydrogens is 458 g/mol. The van der Waals surface area contributed by atoms with Crippen LogP contribution < -0.4 is 10.6 Å². The van der Waals surface area contributed by atoms with Crippen LogP contribution in [0.3, 0.4) is 0 Å². The van der Waals surface area contributed by atoms with Crippen LogP contribution in [0.25, 0.3) is 0 Å². The van der Waals surface area contributed by atoms with Gasteiger partial charge in [0.05, 0.1) is 9.77 Å². The van der Waals surface area contributed by atoms with Crippen LogP contribution in [0.4, 0.5) is 5.69 Å². The highest BCUT2D eigenvalue weighted by molar-refractivity contribution is 7.89. The van der Waals surface area contributed by atoms with Gasteiger partial charge >= 0.3 is 0 Å². The second-order valence-corrected chi connectivity index (χ2v) is 10.7. The number of hydrogen-bond donors (Lipinski definition) is 2. The van der Waals surface area contributed by atoms with E-state index in [2.05, 4.69) is 10.6 Å². The van der Waals surface area contributed by atoms with Crippen molar-refractivity contribution in [2.24, 2.45) is 0 Å². The van der Waals surface area contributed by atoms with Gasteiger partial charge < -0.3 is 10.6 Å². The molecule has 1 saturated heterocycles. The van der Waals surface area contributed by atoms with Crippen molar-refractivity contribution < 1.29 is 18.0 Å². The van der Waals surface area contributed by atoms with Crippen molar-refractivity contribution in [3.05, 3.63) is 82.6 Å². The molecule has 7 nitrogen and oxygen atoms in total. The van der Waals surface area contributed by atoms with Gasteiger partial charge in [-0.25, -0.2) is 8.42 Å². The first-order chi connectivity index (χ1) is 15.9. The number of carbonyl (C=O) groups excluding carboxylic acids is 2. The predicted octanol–water partition coefficient (Wildman–Crippen LogP) is 3.51. The standard InChI is InChI=1S/C24H25N3O4S2/c28-23(25-19-10-6-11-20(17-19)33(30,31)27-13-4-5-14-27)21(16-18-8-2-1-3-9-18)26-24(29)22-12-7-15-32-22/h1-3,6-12,15,17,21H,4-5,13-14,16H2,(H,25,28)(H,26,29)/t21-/m0/s1. The molecule has 0 unspecified atom stereocenters. The summed E-state index contributed by atoms with van der Waals surface area (Å²) in [6.07, 6.45) is 2.00. The second-order valence-electron chi connectivity index (χ2n) is 7.82. The minimum Gasteiger partial charge on any atom is -0.339 e. The highest BCUT2D eigenvalue weighted by Crippen LogP contribution is 2.23. The molecule has 1 aromatic heterocycles. The SMILES string of the molecule is O=C(N[C@@H](Cc1ccccc1)C(=O)Nc1cccc(S(=O)(=O)N2CCCC2)c1)c1cccs1. The van der Waals surface area contributed by atoms with Crippen LogP contribution >= 0.6 is 11.3 Å². The monoisotopic (exact) mass is 483 g/mol. The number of hydrogen-bond acceptors (Lipinski definition) is 5. The van der Waals surface area contributed by atoms with Crippen LogP contribution in [0, 0.1) is 0 Å². The molecule has 2 heterocycles. The average molecular weight is 484 g/mol. The first-order valence-corrected chi connectivity index (χ1v) is 13.0. The molecule has 2 N–H and O–H groups in total. The molecule has 1 atom stereocenters. The number of anilines is 1. The van der Waals surface area contributed by atoms with Gasteiger partial charge in [0.15, 0.2) is 0 Å². The Labute approximate surface area is 197 Å². The number of thiophene rings is 1. The van der Waals surface area contributed by atoms with Crippen molar-refractivity contribution in [1.82, 2.24) is 9.62 Å². The van der Waals surface area contributed by atoms with Crippen molar-refractivity contribution in [3.63, 3.8) is 0 Å². The van der Waals surface area contributed by atoms with Crippen molar-refractivity contribution in [2.75, 3.05) is 18.4 Å². The Hall–Kier alpha value is -3.01. The maximum Gasteiger partial charge on any atom is 0.262 e. The van der Waals surface area contributed by atoms with Crippen LogP contribution in [-0.4, -0.2) is 43.7 Å². The Morgan fingerprint density at radius 1 is 0.970 bits per heavy atom. The normalized spacial score (nSPS) is 15.2. The summed E-state index contributed by atoms with van der Waals surface area (Å²) < 4.78 is 27.2. The summed E-state index contributed by atoms with van der Waals surface area (Å²) in [5, 5.41) is 7.39. The van der Waals surface area contributed by atoms with E-state index < -0.39 is 22.0 Å². The van der Waals surface area contributed by atoms with Crippen LogP contribution in [0.15, 0.2) is 77.0 Å². The number of amides is 2. The Morgan fingerprint density at radius 3 is 2.42 bits per heavy atom. The highest BCUT2D eigenvalue weighted by atomic mass is 32.2. The van der Waals surface area contributed by atoms with Gasteiger partial charge in [-0.05, 0) is 48.1 Å². The Balaban J connectivity index is 1.53. The van der Waals surface area contributed by atoms with E-state index in [0.29, 0.717) is 30.1 Å². The van der Waals surface area contributed by atoms with Gasteiger partial charge in [-0.2, -0.15) is 4.31 Å². The fourth-order valence-corrected chi connectivity index (χ4v) is 5.93. The maximum atomic E-state index is 13.2. The Morgan fingerprint density at radius 2 is 1.73 bits per heavy atom. The van der Waals surface area contributed by atoms with E-state index in [0.717, 1.165) is 18.4 Å². The van der Waals surface area contributed by atoms with Gasteiger partial charge in [-0.3, -0.25) is 9.59 Å². The lowest BCUT2D eigenvalue weighted by Gasteiger charge is -2.19. The van der Waals surface area contributed by atoms with E-state index in [9.17, 15) is 18.0 Å². The fourth-order valence-electron chi connectivity index (χ4n) is 3.74. The minimum atomic E-state index is -3.60. The first-order valence-electron chi connectivity index (χ1n) is 10.7. The van der Waals surface area contributed by atoms with Crippen molar-refractivity contribution in [1.29, 1.82) is 0 Å². The van der Waals surface area contributed by atoms with Crippen molar-refractivity contribution >= 4 is 38.9 Å². The van der Waals surface area contributed by atoms with Crippen molar-refractivity contribution in [2.45, 2.75) is 30.2 Å². The van der Waals surface area contributed by atoms with E-state index in [-0.39, 0.29) is 10.8 Å². The molecule has 0 radical (unpaired) electrons. The van der Waals surface area contributed by atoms with E-state index in [1.807, 2.05) is 30.3 Å². The van der Waals surface area contributed by atoms with Crippen LogP contribution in [0.2, 0.25) is 0 Å². The molecule has 1 aliphatic heterocycles. The molecule has 2 amide bonds. The van der Waals surface area contributed by atoms with Gasteiger partial charge in [0.25, 0.3) is 5.91 Å². The molecule has 0 saturated carbocycles. The van der Waals surface area contributed by atoms with E-state index >= 15 is 0 Å². The lowest BCUT2D eigenvalue weighted by atomic mass is 10.0. The number of rotatable bonds is 8. The molecule has 1 fully saturated rings. The number of benzene rings is 2. The molecule has 172 valence electrons. The van der Waals surface area contributed by atoms with E-state index in [4.69, 9.17) is 0 Å².